The van der Waals surface area contributed by atoms with Gasteiger partial charge in [0.25, 0.3) is 0 Å². The van der Waals surface area contributed by atoms with E-state index in [1.807, 2.05) is 21.0 Å². The standard InChI is InChI=1S/C12H20N4O/c1-9-12(14-5-4-13-9)16-8-11(17)6-10(16)7-15(2)3/h4-5,10-11,17H,6-8H2,1-3H3. The molecule has 17 heavy (non-hydrogen) atoms. The van der Waals surface area contributed by atoms with Crippen LogP contribution in [0.15, 0.2) is 12.4 Å². The lowest BCUT2D eigenvalue weighted by atomic mass is 10.2. The monoisotopic (exact) mass is 236 g/mol. The maximum absolute atomic E-state index is 9.83. The Hall–Kier alpha value is -1.20. The molecular weight excluding hydrogens is 216 g/mol. The van der Waals surface area contributed by atoms with Gasteiger partial charge in [-0.15, -0.1) is 0 Å². The highest BCUT2D eigenvalue weighted by atomic mass is 16.3. The Kier molecular flexibility index (Phi) is 3.59. The van der Waals surface area contributed by atoms with Crippen molar-refractivity contribution in [3.05, 3.63) is 18.1 Å². The van der Waals surface area contributed by atoms with Gasteiger partial charge in [-0.25, -0.2) is 4.98 Å². The Morgan fingerprint density at radius 3 is 2.76 bits per heavy atom. The maximum Gasteiger partial charge on any atom is 0.150 e. The summed E-state index contributed by atoms with van der Waals surface area (Å²) in [6, 6.07) is 0.315. The molecule has 2 heterocycles. The van der Waals surface area contributed by atoms with Crippen LogP contribution < -0.4 is 4.90 Å². The molecular formula is C12H20N4O. The Balaban J connectivity index is 2.21. The van der Waals surface area contributed by atoms with Crippen molar-refractivity contribution in [2.45, 2.75) is 25.5 Å². The Morgan fingerprint density at radius 1 is 1.41 bits per heavy atom. The summed E-state index contributed by atoms with van der Waals surface area (Å²) in [6.07, 6.45) is 3.95. The molecule has 2 atom stereocenters. The van der Waals surface area contributed by atoms with Crippen LogP contribution in [0.4, 0.5) is 5.82 Å². The van der Waals surface area contributed by atoms with Crippen LogP contribution in [-0.2, 0) is 0 Å². The van der Waals surface area contributed by atoms with Crippen LogP contribution in [0, 0.1) is 6.92 Å². The van der Waals surface area contributed by atoms with Crippen molar-refractivity contribution in [2.24, 2.45) is 0 Å². The highest BCUT2D eigenvalue weighted by molar-refractivity contribution is 5.45. The lowest BCUT2D eigenvalue weighted by molar-refractivity contribution is 0.191. The average Bonchev–Trinajstić information content (AvgIpc) is 2.59. The fourth-order valence-electron chi connectivity index (χ4n) is 2.43. The van der Waals surface area contributed by atoms with Gasteiger partial charge in [-0.2, -0.15) is 0 Å². The van der Waals surface area contributed by atoms with Crippen LogP contribution in [0.1, 0.15) is 12.1 Å². The predicted molar refractivity (Wildman–Crippen MR) is 67.1 cm³/mol. The van der Waals surface area contributed by atoms with Crippen molar-refractivity contribution >= 4 is 5.82 Å². The number of likely N-dealkylation sites (N-methyl/N-ethyl adjacent to an activating group) is 1. The maximum atomic E-state index is 9.83. The number of aliphatic hydroxyl groups is 1. The third-order valence-corrected chi connectivity index (χ3v) is 3.10. The van der Waals surface area contributed by atoms with Gasteiger partial charge >= 0.3 is 0 Å². The molecule has 1 aliphatic rings. The van der Waals surface area contributed by atoms with Gasteiger partial charge in [-0.05, 0) is 27.4 Å². The molecule has 1 saturated heterocycles. The summed E-state index contributed by atoms with van der Waals surface area (Å²) in [5.41, 5.74) is 0.922. The molecule has 1 aliphatic heterocycles. The zero-order chi connectivity index (χ0) is 12.4. The van der Waals surface area contributed by atoms with E-state index in [4.69, 9.17) is 0 Å². The Morgan fingerprint density at radius 2 is 2.12 bits per heavy atom. The minimum atomic E-state index is -0.263. The number of anilines is 1. The van der Waals surface area contributed by atoms with E-state index in [9.17, 15) is 5.11 Å². The van der Waals surface area contributed by atoms with Crippen LogP contribution in [0.25, 0.3) is 0 Å². The van der Waals surface area contributed by atoms with E-state index in [0.29, 0.717) is 12.6 Å². The highest BCUT2D eigenvalue weighted by Gasteiger charge is 2.32. The number of aryl methyl sites for hydroxylation is 1. The SMILES string of the molecule is Cc1nccnc1N1CC(O)CC1CN(C)C. The molecule has 0 spiro atoms. The first kappa shape index (κ1) is 12.3. The van der Waals surface area contributed by atoms with Crippen molar-refractivity contribution in [2.75, 3.05) is 32.1 Å². The van der Waals surface area contributed by atoms with E-state index in [-0.39, 0.29) is 6.10 Å². The van der Waals surface area contributed by atoms with Gasteiger partial charge in [-0.1, -0.05) is 0 Å². The van der Waals surface area contributed by atoms with Crippen molar-refractivity contribution in [1.82, 2.24) is 14.9 Å². The average molecular weight is 236 g/mol. The Labute approximate surface area is 102 Å². The molecule has 0 amide bonds. The van der Waals surface area contributed by atoms with Crippen molar-refractivity contribution in [3.63, 3.8) is 0 Å². The second kappa shape index (κ2) is 4.98. The number of aliphatic hydroxyl groups excluding tert-OH is 1. The van der Waals surface area contributed by atoms with Gasteiger partial charge in [0.05, 0.1) is 11.8 Å². The molecule has 1 fully saturated rings. The molecule has 2 unspecified atom stereocenters. The second-order valence-corrected chi connectivity index (χ2v) is 4.92. The first-order valence-electron chi connectivity index (χ1n) is 5.95. The first-order valence-corrected chi connectivity index (χ1v) is 5.95. The zero-order valence-electron chi connectivity index (χ0n) is 10.7. The summed E-state index contributed by atoms with van der Waals surface area (Å²) in [4.78, 5) is 13.0. The number of hydrogen-bond donors (Lipinski definition) is 1. The lowest BCUT2D eigenvalue weighted by Crippen LogP contribution is -2.38. The number of rotatable bonds is 3. The van der Waals surface area contributed by atoms with E-state index in [1.54, 1.807) is 12.4 Å². The summed E-state index contributed by atoms with van der Waals surface area (Å²) < 4.78 is 0. The van der Waals surface area contributed by atoms with Crippen LogP contribution in [0.2, 0.25) is 0 Å². The van der Waals surface area contributed by atoms with E-state index in [0.717, 1.165) is 24.5 Å². The van der Waals surface area contributed by atoms with Crippen molar-refractivity contribution in [3.8, 4) is 0 Å². The molecule has 0 aliphatic carbocycles. The minimum Gasteiger partial charge on any atom is -0.391 e. The van der Waals surface area contributed by atoms with Gasteiger partial charge in [0.15, 0.2) is 0 Å². The van der Waals surface area contributed by atoms with Crippen molar-refractivity contribution < 1.29 is 5.11 Å². The fourth-order valence-corrected chi connectivity index (χ4v) is 2.43. The van der Waals surface area contributed by atoms with Gasteiger partial charge in [-0.3, -0.25) is 4.98 Å². The quantitative estimate of drug-likeness (QED) is 0.817. The van der Waals surface area contributed by atoms with Crippen molar-refractivity contribution in [1.29, 1.82) is 0 Å². The molecule has 0 aromatic carbocycles. The fraction of sp³-hybridized carbons (Fsp3) is 0.667. The minimum absolute atomic E-state index is 0.263. The molecule has 5 heteroatoms. The topological polar surface area (TPSA) is 52.5 Å². The van der Waals surface area contributed by atoms with E-state index >= 15 is 0 Å². The normalized spacial score (nSPS) is 24.6. The summed E-state index contributed by atoms with van der Waals surface area (Å²) in [6.45, 7) is 3.53. The highest BCUT2D eigenvalue weighted by Crippen LogP contribution is 2.25. The van der Waals surface area contributed by atoms with E-state index < -0.39 is 0 Å². The van der Waals surface area contributed by atoms with Gasteiger partial charge in [0.1, 0.15) is 5.82 Å². The second-order valence-electron chi connectivity index (χ2n) is 4.92. The number of nitrogens with zero attached hydrogens (tertiary/aromatic N) is 4. The van der Waals surface area contributed by atoms with E-state index in [2.05, 4.69) is 19.8 Å². The Bertz CT molecular complexity index is 383. The largest absolute Gasteiger partial charge is 0.391 e. The third kappa shape index (κ3) is 2.73. The molecule has 0 saturated carbocycles. The number of β-amino-alcohol motifs (C(OH)–C–C–N with tert-alkyl or cyclic N) is 1. The molecule has 0 bridgehead atoms. The molecule has 1 N–H and O–H groups in total. The first-order chi connectivity index (χ1) is 8.08. The summed E-state index contributed by atoms with van der Waals surface area (Å²) in [7, 11) is 4.10. The van der Waals surface area contributed by atoms with Crippen LogP contribution in [0.3, 0.4) is 0 Å². The molecule has 1 aromatic heterocycles. The van der Waals surface area contributed by atoms with Crippen LogP contribution >= 0.6 is 0 Å². The molecule has 1 aromatic rings. The molecule has 2 rings (SSSR count). The predicted octanol–water partition coefficient (Wildman–Crippen LogP) is 0.286. The number of hydrogen-bond acceptors (Lipinski definition) is 5. The van der Waals surface area contributed by atoms with Gasteiger partial charge < -0.3 is 14.9 Å². The number of aromatic nitrogens is 2. The lowest BCUT2D eigenvalue weighted by Gasteiger charge is -2.28. The zero-order valence-corrected chi connectivity index (χ0v) is 10.7. The van der Waals surface area contributed by atoms with E-state index in [1.165, 1.54) is 0 Å². The summed E-state index contributed by atoms with van der Waals surface area (Å²) in [5, 5.41) is 9.83. The van der Waals surface area contributed by atoms with Crippen LogP contribution in [0.5, 0.6) is 0 Å². The smallest absolute Gasteiger partial charge is 0.150 e. The van der Waals surface area contributed by atoms with Gasteiger partial charge in [0, 0.05) is 31.5 Å². The molecule has 94 valence electrons. The summed E-state index contributed by atoms with van der Waals surface area (Å²) in [5.74, 6) is 0.899. The molecule has 5 nitrogen and oxygen atoms in total. The molecule has 0 radical (unpaired) electrons. The third-order valence-electron chi connectivity index (χ3n) is 3.10. The summed E-state index contributed by atoms with van der Waals surface area (Å²) >= 11 is 0. The van der Waals surface area contributed by atoms with Crippen LogP contribution in [-0.4, -0.2) is 59.3 Å². The van der Waals surface area contributed by atoms with Gasteiger partial charge in [0.2, 0.25) is 0 Å².